The highest BCUT2D eigenvalue weighted by atomic mass is 16.2. The standard InChI is InChI=1S/C23H22N2O2/c1-15-10-11-19(12-16(15)2)25-14-18(13-22(25)26)24-23(27)21-9-5-7-17-6-3-4-8-20(17)21/h3-12,18H,13-14H2,1-2H3,(H,24,27)/t18-/m0/s1. The molecule has 0 aliphatic carbocycles. The predicted molar refractivity (Wildman–Crippen MR) is 108 cm³/mol. The number of hydrogen-bond acceptors (Lipinski definition) is 2. The van der Waals surface area contributed by atoms with Gasteiger partial charge < -0.3 is 10.2 Å². The number of amides is 2. The van der Waals surface area contributed by atoms with Crippen LogP contribution in [0.4, 0.5) is 5.69 Å². The summed E-state index contributed by atoms with van der Waals surface area (Å²) in [6, 6.07) is 19.4. The molecule has 4 heteroatoms. The minimum Gasteiger partial charge on any atom is -0.347 e. The van der Waals surface area contributed by atoms with Crippen LogP contribution in [0.2, 0.25) is 0 Å². The molecule has 27 heavy (non-hydrogen) atoms. The number of benzene rings is 3. The molecule has 1 N–H and O–H groups in total. The van der Waals surface area contributed by atoms with Crippen molar-refractivity contribution in [2.24, 2.45) is 0 Å². The molecule has 1 atom stereocenters. The summed E-state index contributed by atoms with van der Waals surface area (Å²) in [6.45, 7) is 4.59. The highest BCUT2D eigenvalue weighted by Gasteiger charge is 2.32. The fraction of sp³-hybridized carbons (Fsp3) is 0.217. The van der Waals surface area contributed by atoms with Crippen LogP contribution in [0.15, 0.2) is 60.7 Å². The zero-order valence-electron chi connectivity index (χ0n) is 15.5. The van der Waals surface area contributed by atoms with Gasteiger partial charge in [0.1, 0.15) is 0 Å². The Morgan fingerprint density at radius 3 is 2.59 bits per heavy atom. The van der Waals surface area contributed by atoms with Crippen LogP contribution >= 0.6 is 0 Å². The zero-order valence-corrected chi connectivity index (χ0v) is 15.5. The normalized spacial score (nSPS) is 16.7. The Morgan fingerprint density at radius 1 is 1.00 bits per heavy atom. The smallest absolute Gasteiger partial charge is 0.252 e. The van der Waals surface area contributed by atoms with Crippen LogP contribution in [-0.4, -0.2) is 24.4 Å². The van der Waals surface area contributed by atoms with Gasteiger partial charge in [-0.25, -0.2) is 0 Å². The number of fused-ring (bicyclic) bond motifs is 1. The lowest BCUT2D eigenvalue weighted by molar-refractivity contribution is -0.117. The van der Waals surface area contributed by atoms with Gasteiger partial charge in [0.2, 0.25) is 5.91 Å². The quantitative estimate of drug-likeness (QED) is 0.770. The molecule has 3 aromatic carbocycles. The first-order valence-corrected chi connectivity index (χ1v) is 9.19. The second-order valence-corrected chi connectivity index (χ2v) is 7.17. The first-order chi connectivity index (χ1) is 13.0. The summed E-state index contributed by atoms with van der Waals surface area (Å²) in [7, 11) is 0. The molecule has 0 spiro atoms. The molecule has 0 saturated carbocycles. The van der Waals surface area contributed by atoms with Crippen LogP contribution in [0.25, 0.3) is 10.8 Å². The molecule has 0 unspecified atom stereocenters. The van der Waals surface area contributed by atoms with Gasteiger partial charge in [0.15, 0.2) is 0 Å². The minimum absolute atomic E-state index is 0.0430. The van der Waals surface area contributed by atoms with Gasteiger partial charge in [-0.05, 0) is 53.9 Å². The van der Waals surface area contributed by atoms with Gasteiger partial charge in [-0.3, -0.25) is 9.59 Å². The van der Waals surface area contributed by atoms with E-state index in [9.17, 15) is 9.59 Å². The summed E-state index contributed by atoms with van der Waals surface area (Å²) in [6.07, 6.45) is 0.323. The van der Waals surface area contributed by atoms with Crippen LogP contribution in [-0.2, 0) is 4.79 Å². The summed E-state index contributed by atoms with van der Waals surface area (Å²) in [5, 5.41) is 5.00. The Balaban J connectivity index is 1.52. The topological polar surface area (TPSA) is 49.4 Å². The first-order valence-electron chi connectivity index (χ1n) is 9.19. The Kier molecular flexibility index (Phi) is 4.40. The maximum absolute atomic E-state index is 12.8. The first kappa shape index (κ1) is 17.3. The van der Waals surface area contributed by atoms with Gasteiger partial charge in [0.05, 0.1) is 6.04 Å². The number of aryl methyl sites for hydroxylation is 2. The maximum atomic E-state index is 12.8. The molecular weight excluding hydrogens is 336 g/mol. The van der Waals surface area contributed by atoms with E-state index >= 15 is 0 Å². The van der Waals surface area contributed by atoms with Crippen molar-refractivity contribution in [3.8, 4) is 0 Å². The number of hydrogen-bond donors (Lipinski definition) is 1. The fourth-order valence-electron chi connectivity index (χ4n) is 3.63. The largest absolute Gasteiger partial charge is 0.347 e. The highest BCUT2D eigenvalue weighted by molar-refractivity contribution is 6.07. The van der Waals surface area contributed by atoms with E-state index in [0.29, 0.717) is 18.5 Å². The third kappa shape index (κ3) is 3.31. The van der Waals surface area contributed by atoms with Crippen molar-refractivity contribution in [1.82, 2.24) is 5.32 Å². The van der Waals surface area contributed by atoms with Gasteiger partial charge in [0, 0.05) is 24.2 Å². The van der Waals surface area contributed by atoms with Gasteiger partial charge in [-0.1, -0.05) is 42.5 Å². The number of nitrogens with one attached hydrogen (secondary N) is 1. The van der Waals surface area contributed by atoms with Gasteiger partial charge in [0.25, 0.3) is 5.91 Å². The Labute approximate surface area is 158 Å². The number of nitrogens with zero attached hydrogens (tertiary/aromatic N) is 1. The van der Waals surface area contributed by atoms with Crippen molar-refractivity contribution >= 4 is 28.3 Å². The van der Waals surface area contributed by atoms with E-state index in [-0.39, 0.29) is 17.9 Å². The third-order valence-corrected chi connectivity index (χ3v) is 5.30. The van der Waals surface area contributed by atoms with Crippen LogP contribution in [0.3, 0.4) is 0 Å². The highest BCUT2D eigenvalue weighted by Crippen LogP contribution is 2.25. The minimum atomic E-state index is -0.189. The van der Waals surface area contributed by atoms with Crippen molar-refractivity contribution in [2.45, 2.75) is 26.3 Å². The summed E-state index contributed by atoms with van der Waals surface area (Å²) in [4.78, 5) is 27.1. The number of rotatable bonds is 3. The number of carbonyl (C=O) groups is 2. The SMILES string of the molecule is Cc1ccc(N2C[C@@H](NC(=O)c3cccc4ccccc34)CC2=O)cc1C. The third-order valence-electron chi connectivity index (χ3n) is 5.30. The molecule has 0 bridgehead atoms. The Morgan fingerprint density at radius 2 is 1.78 bits per heavy atom. The van der Waals surface area contributed by atoms with Crippen molar-refractivity contribution in [2.75, 3.05) is 11.4 Å². The molecule has 1 fully saturated rings. The fourth-order valence-corrected chi connectivity index (χ4v) is 3.63. The van der Waals surface area contributed by atoms with Gasteiger partial charge in [-0.2, -0.15) is 0 Å². The van der Waals surface area contributed by atoms with E-state index in [2.05, 4.69) is 12.2 Å². The molecule has 1 heterocycles. The van der Waals surface area contributed by atoms with Crippen molar-refractivity contribution in [3.63, 3.8) is 0 Å². The lowest BCUT2D eigenvalue weighted by Crippen LogP contribution is -2.37. The van der Waals surface area contributed by atoms with Crippen molar-refractivity contribution in [3.05, 3.63) is 77.4 Å². The van der Waals surface area contributed by atoms with Crippen LogP contribution < -0.4 is 10.2 Å². The molecule has 0 aromatic heterocycles. The van der Waals surface area contributed by atoms with E-state index in [4.69, 9.17) is 0 Å². The number of carbonyl (C=O) groups excluding carboxylic acids is 2. The van der Waals surface area contributed by atoms with Crippen LogP contribution in [0.5, 0.6) is 0 Å². The van der Waals surface area contributed by atoms with Crippen LogP contribution in [0, 0.1) is 13.8 Å². The summed E-state index contributed by atoms with van der Waals surface area (Å²) in [5.74, 6) is -0.0898. The Hall–Kier alpha value is -3.14. The zero-order chi connectivity index (χ0) is 19.0. The maximum Gasteiger partial charge on any atom is 0.252 e. The lowest BCUT2D eigenvalue weighted by Gasteiger charge is -2.18. The summed E-state index contributed by atoms with van der Waals surface area (Å²) in [5.41, 5.74) is 3.89. The molecule has 2 amide bonds. The molecule has 1 aliphatic heterocycles. The second-order valence-electron chi connectivity index (χ2n) is 7.17. The molecular formula is C23H22N2O2. The molecule has 1 aliphatic rings. The monoisotopic (exact) mass is 358 g/mol. The van der Waals surface area contributed by atoms with E-state index in [1.807, 2.05) is 67.6 Å². The van der Waals surface area contributed by atoms with E-state index < -0.39 is 0 Å². The van der Waals surface area contributed by atoms with Crippen LogP contribution in [0.1, 0.15) is 27.9 Å². The van der Waals surface area contributed by atoms with Gasteiger partial charge in [-0.15, -0.1) is 0 Å². The van der Waals surface area contributed by atoms with Crippen molar-refractivity contribution < 1.29 is 9.59 Å². The van der Waals surface area contributed by atoms with Crippen molar-refractivity contribution in [1.29, 1.82) is 0 Å². The average molecular weight is 358 g/mol. The van der Waals surface area contributed by atoms with E-state index in [1.54, 1.807) is 4.90 Å². The molecule has 3 aromatic rings. The molecule has 4 rings (SSSR count). The Bertz CT molecular complexity index is 1040. The molecule has 136 valence electrons. The average Bonchev–Trinajstić information content (AvgIpc) is 3.03. The second kappa shape index (κ2) is 6.88. The van der Waals surface area contributed by atoms with Gasteiger partial charge >= 0.3 is 0 Å². The summed E-state index contributed by atoms with van der Waals surface area (Å²) < 4.78 is 0. The molecule has 4 nitrogen and oxygen atoms in total. The summed E-state index contributed by atoms with van der Waals surface area (Å²) >= 11 is 0. The molecule has 0 radical (unpaired) electrons. The predicted octanol–water partition coefficient (Wildman–Crippen LogP) is 3.99. The van der Waals surface area contributed by atoms with E-state index in [0.717, 1.165) is 22.0 Å². The lowest BCUT2D eigenvalue weighted by atomic mass is 10.0. The van der Waals surface area contributed by atoms with E-state index in [1.165, 1.54) is 5.56 Å². The number of anilines is 1. The molecule has 1 saturated heterocycles.